The number of unbranched alkanes of at least 4 members (excludes halogenated alkanes) is 1. The van der Waals surface area contributed by atoms with Crippen LogP contribution in [0.15, 0.2) is 30.3 Å². The van der Waals surface area contributed by atoms with E-state index in [1.807, 2.05) is 48.9 Å². The Morgan fingerprint density at radius 3 is 2.75 bits per heavy atom. The van der Waals surface area contributed by atoms with Gasteiger partial charge in [0.05, 0.1) is 5.25 Å². The number of hydrogen-bond acceptors (Lipinski definition) is 4. The Labute approximate surface area is 148 Å². The van der Waals surface area contributed by atoms with Gasteiger partial charge in [-0.25, -0.2) is 0 Å². The van der Waals surface area contributed by atoms with Crippen LogP contribution in [0.25, 0.3) is 11.4 Å². The Kier molecular flexibility index (Phi) is 7.31. The Balaban J connectivity index is 1.83. The van der Waals surface area contributed by atoms with Crippen LogP contribution in [0.2, 0.25) is 0 Å². The summed E-state index contributed by atoms with van der Waals surface area (Å²) < 4.78 is 1.99. The highest BCUT2D eigenvalue weighted by atomic mass is 32.2. The van der Waals surface area contributed by atoms with Crippen molar-refractivity contribution >= 4 is 17.7 Å². The second-order valence-corrected chi connectivity index (χ2v) is 7.22. The number of thioether (sulfide) groups is 1. The third kappa shape index (κ3) is 5.09. The van der Waals surface area contributed by atoms with Gasteiger partial charge in [0.15, 0.2) is 5.82 Å². The van der Waals surface area contributed by atoms with Crippen LogP contribution in [0.1, 0.15) is 32.5 Å². The van der Waals surface area contributed by atoms with Crippen LogP contribution in [-0.2, 0) is 18.3 Å². The summed E-state index contributed by atoms with van der Waals surface area (Å²) >= 11 is 1.71. The Bertz CT molecular complexity index is 642. The van der Waals surface area contributed by atoms with Gasteiger partial charge in [0.1, 0.15) is 5.82 Å². The number of nitrogens with one attached hydrogen (secondary N) is 1. The third-order valence-electron chi connectivity index (χ3n) is 3.88. The quantitative estimate of drug-likeness (QED) is 0.709. The van der Waals surface area contributed by atoms with Crippen LogP contribution in [0.3, 0.4) is 0 Å². The minimum absolute atomic E-state index is 0.00377. The lowest BCUT2D eigenvalue weighted by Gasteiger charge is -2.11. The van der Waals surface area contributed by atoms with Crippen molar-refractivity contribution in [1.29, 1.82) is 0 Å². The van der Waals surface area contributed by atoms with E-state index in [9.17, 15) is 4.79 Å². The van der Waals surface area contributed by atoms with E-state index >= 15 is 0 Å². The van der Waals surface area contributed by atoms with Gasteiger partial charge in [0, 0.05) is 25.6 Å². The van der Waals surface area contributed by atoms with E-state index in [-0.39, 0.29) is 11.2 Å². The van der Waals surface area contributed by atoms with Crippen LogP contribution in [-0.4, -0.2) is 38.2 Å². The summed E-state index contributed by atoms with van der Waals surface area (Å²) in [5.41, 5.74) is 1.05. The van der Waals surface area contributed by atoms with Crippen molar-refractivity contribution in [2.24, 2.45) is 7.05 Å². The molecule has 2 aromatic rings. The third-order valence-corrected chi connectivity index (χ3v) is 5.12. The molecular weight excluding hydrogens is 320 g/mol. The van der Waals surface area contributed by atoms with Gasteiger partial charge in [-0.2, -0.15) is 0 Å². The molecule has 0 radical (unpaired) electrons. The lowest BCUT2D eigenvalue weighted by atomic mass is 10.2. The summed E-state index contributed by atoms with van der Waals surface area (Å²) in [6.07, 6.45) is 3.00. The summed E-state index contributed by atoms with van der Waals surface area (Å²) in [4.78, 5) is 12.1. The van der Waals surface area contributed by atoms with E-state index in [1.165, 1.54) is 0 Å². The summed E-state index contributed by atoms with van der Waals surface area (Å²) in [5.74, 6) is 2.86. The second-order valence-electron chi connectivity index (χ2n) is 5.77. The van der Waals surface area contributed by atoms with Gasteiger partial charge in [-0.05, 0) is 19.1 Å². The Morgan fingerprint density at radius 1 is 1.29 bits per heavy atom. The molecule has 2 rings (SSSR count). The van der Waals surface area contributed by atoms with E-state index < -0.39 is 0 Å². The molecule has 1 aromatic heterocycles. The number of amides is 1. The zero-order chi connectivity index (χ0) is 17.4. The molecule has 0 aliphatic heterocycles. The molecule has 1 amide bonds. The normalized spacial score (nSPS) is 12.1. The summed E-state index contributed by atoms with van der Waals surface area (Å²) in [6, 6.07) is 9.99. The van der Waals surface area contributed by atoms with Gasteiger partial charge in [-0.1, -0.05) is 43.7 Å². The van der Waals surface area contributed by atoms with Gasteiger partial charge in [0.2, 0.25) is 5.91 Å². The second kappa shape index (κ2) is 9.47. The first kappa shape index (κ1) is 18.5. The van der Waals surface area contributed by atoms with Gasteiger partial charge in [-0.3, -0.25) is 4.79 Å². The Morgan fingerprint density at radius 2 is 2.04 bits per heavy atom. The van der Waals surface area contributed by atoms with Crippen molar-refractivity contribution in [3.8, 4) is 11.4 Å². The molecule has 0 aliphatic carbocycles. The van der Waals surface area contributed by atoms with E-state index in [4.69, 9.17) is 0 Å². The molecule has 0 saturated heterocycles. The van der Waals surface area contributed by atoms with Gasteiger partial charge < -0.3 is 9.88 Å². The zero-order valence-corrected chi connectivity index (χ0v) is 15.5. The molecule has 5 nitrogen and oxygen atoms in total. The minimum atomic E-state index is -0.00377. The molecule has 24 heavy (non-hydrogen) atoms. The molecule has 0 aliphatic rings. The molecule has 0 unspecified atom stereocenters. The summed E-state index contributed by atoms with van der Waals surface area (Å²) in [7, 11) is 1.96. The van der Waals surface area contributed by atoms with Crippen molar-refractivity contribution in [3.63, 3.8) is 0 Å². The van der Waals surface area contributed by atoms with Crippen molar-refractivity contribution in [3.05, 3.63) is 36.2 Å². The predicted molar refractivity (Wildman–Crippen MR) is 100.0 cm³/mol. The van der Waals surface area contributed by atoms with Gasteiger partial charge >= 0.3 is 0 Å². The molecule has 1 aromatic carbocycles. The number of carbonyl (C=O) groups is 1. The van der Waals surface area contributed by atoms with Crippen LogP contribution >= 0.6 is 11.8 Å². The lowest BCUT2D eigenvalue weighted by molar-refractivity contribution is -0.120. The van der Waals surface area contributed by atoms with Crippen molar-refractivity contribution in [1.82, 2.24) is 20.1 Å². The van der Waals surface area contributed by atoms with E-state index in [2.05, 4.69) is 22.4 Å². The first-order chi connectivity index (χ1) is 11.6. The van der Waals surface area contributed by atoms with Crippen LogP contribution in [0.4, 0.5) is 0 Å². The number of carbonyl (C=O) groups excluding carboxylic acids is 1. The molecule has 1 atom stereocenters. The number of benzene rings is 1. The first-order valence-corrected chi connectivity index (χ1v) is 9.51. The average molecular weight is 346 g/mol. The fraction of sp³-hybridized carbons (Fsp3) is 0.500. The van der Waals surface area contributed by atoms with Crippen LogP contribution < -0.4 is 5.32 Å². The summed E-state index contributed by atoms with van der Waals surface area (Å²) in [6.45, 7) is 4.71. The highest BCUT2D eigenvalue weighted by Crippen LogP contribution is 2.16. The molecule has 0 saturated carbocycles. The maximum absolute atomic E-state index is 12.1. The topological polar surface area (TPSA) is 59.8 Å². The lowest BCUT2D eigenvalue weighted by Crippen LogP contribution is -2.33. The van der Waals surface area contributed by atoms with Crippen LogP contribution in [0.5, 0.6) is 0 Å². The van der Waals surface area contributed by atoms with E-state index in [0.717, 1.165) is 35.8 Å². The number of aromatic nitrogens is 3. The molecule has 1 N–H and O–H groups in total. The molecule has 1 heterocycles. The molecule has 130 valence electrons. The van der Waals surface area contributed by atoms with Gasteiger partial charge in [-0.15, -0.1) is 22.0 Å². The largest absolute Gasteiger partial charge is 0.355 e. The Hall–Kier alpha value is -1.82. The number of hydrogen-bond donors (Lipinski definition) is 1. The number of nitrogens with zero attached hydrogens (tertiary/aromatic N) is 3. The maximum atomic E-state index is 12.1. The maximum Gasteiger partial charge on any atom is 0.232 e. The summed E-state index contributed by atoms with van der Waals surface area (Å²) in [5, 5.41) is 11.5. The molecule has 6 heteroatoms. The zero-order valence-electron chi connectivity index (χ0n) is 14.7. The highest BCUT2D eigenvalue weighted by molar-refractivity contribution is 8.00. The monoisotopic (exact) mass is 346 g/mol. The average Bonchev–Trinajstić information content (AvgIpc) is 2.96. The van der Waals surface area contributed by atoms with Crippen molar-refractivity contribution < 1.29 is 4.79 Å². The van der Waals surface area contributed by atoms with E-state index in [0.29, 0.717) is 13.0 Å². The molecule has 0 spiro atoms. The predicted octanol–water partition coefficient (Wildman–Crippen LogP) is 3.06. The molecular formula is C18H26N4OS. The van der Waals surface area contributed by atoms with Crippen molar-refractivity contribution in [2.75, 3.05) is 12.3 Å². The number of rotatable bonds is 9. The smallest absolute Gasteiger partial charge is 0.232 e. The molecule has 0 bridgehead atoms. The fourth-order valence-electron chi connectivity index (χ4n) is 2.34. The SMILES string of the molecule is CCCCS[C@H](C)C(=O)NCCc1nnc(-c2ccccc2)n1C. The highest BCUT2D eigenvalue weighted by Gasteiger charge is 2.14. The van der Waals surface area contributed by atoms with Crippen molar-refractivity contribution in [2.45, 2.75) is 38.4 Å². The first-order valence-electron chi connectivity index (χ1n) is 8.46. The van der Waals surface area contributed by atoms with Crippen LogP contribution in [0, 0.1) is 0 Å². The van der Waals surface area contributed by atoms with Gasteiger partial charge in [0.25, 0.3) is 0 Å². The standard InChI is InChI=1S/C18H26N4OS/c1-4-5-13-24-14(2)18(23)19-12-11-16-20-21-17(22(16)3)15-9-7-6-8-10-15/h6-10,14H,4-5,11-13H2,1-3H3,(H,19,23)/t14-/m1/s1. The molecule has 0 fully saturated rings. The fourth-order valence-corrected chi connectivity index (χ4v) is 3.38. The minimum Gasteiger partial charge on any atom is -0.355 e. The van der Waals surface area contributed by atoms with E-state index in [1.54, 1.807) is 11.8 Å².